The van der Waals surface area contributed by atoms with E-state index in [4.69, 9.17) is 5.73 Å². The van der Waals surface area contributed by atoms with Crippen LogP contribution in [0.1, 0.15) is 32.4 Å². The minimum atomic E-state index is -3.47. The van der Waals surface area contributed by atoms with Crippen molar-refractivity contribution in [2.75, 3.05) is 5.73 Å². The van der Waals surface area contributed by atoms with Gasteiger partial charge in [0.25, 0.3) is 10.0 Å². The second-order valence-electron chi connectivity index (χ2n) is 3.56. The third kappa shape index (κ3) is 2.93. The van der Waals surface area contributed by atoms with Crippen molar-refractivity contribution in [1.29, 1.82) is 0 Å². The van der Waals surface area contributed by atoms with Crippen LogP contribution in [0.15, 0.2) is 4.21 Å². The van der Waals surface area contributed by atoms with Gasteiger partial charge < -0.3 is 5.73 Å². The van der Waals surface area contributed by atoms with Crippen LogP contribution in [0.2, 0.25) is 0 Å². The summed E-state index contributed by atoms with van der Waals surface area (Å²) in [6.45, 7) is 5.55. The van der Waals surface area contributed by atoms with E-state index in [-0.39, 0.29) is 15.4 Å². The van der Waals surface area contributed by atoms with Crippen molar-refractivity contribution in [2.45, 2.75) is 43.9 Å². The van der Waals surface area contributed by atoms with Crippen molar-refractivity contribution in [2.24, 2.45) is 0 Å². The first kappa shape index (κ1) is 13.4. The third-order valence-corrected chi connectivity index (χ3v) is 5.44. The lowest BCUT2D eigenvalue weighted by atomic mass is 10.2. The average molecular weight is 263 g/mol. The molecule has 0 aromatic carbocycles. The summed E-state index contributed by atoms with van der Waals surface area (Å²) in [5, 5.41) is 0.280. The summed E-state index contributed by atoms with van der Waals surface area (Å²) in [5.74, 6) is 0. The molecule has 1 heterocycles. The smallest absolute Gasteiger partial charge is 0.252 e. The normalized spacial score (nSPS) is 12.2. The fraction of sp³-hybridized carbons (Fsp3) is 0.667. The summed E-state index contributed by atoms with van der Waals surface area (Å²) in [6, 6.07) is -0.0345. The highest BCUT2D eigenvalue weighted by molar-refractivity contribution is 7.91. The second kappa shape index (κ2) is 5.11. The molecule has 0 unspecified atom stereocenters. The molecule has 0 aliphatic rings. The SMILES string of the molecule is CCC(CC)NS(=O)(=O)c1sc(N)nc1C. The second-order valence-corrected chi connectivity index (χ2v) is 6.50. The molecule has 0 aliphatic carbocycles. The molecule has 1 aromatic heterocycles. The molecular formula is C9H17N3O2S2. The highest BCUT2D eigenvalue weighted by Crippen LogP contribution is 2.25. The Kier molecular flexibility index (Phi) is 4.28. The summed E-state index contributed by atoms with van der Waals surface area (Å²) in [5.41, 5.74) is 5.95. The zero-order valence-electron chi connectivity index (χ0n) is 9.65. The standard InChI is InChI=1S/C9H17N3O2S2/c1-4-7(5-2)12-16(13,14)8-6(3)11-9(10)15-8/h7,12H,4-5H2,1-3H3,(H2,10,11). The van der Waals surface area contributed by atoms with E-state index in [0.29, 0.717) is 5.69 Å². The number of nitrogen functional groups attached to an aromatic ring is 1. The Morgan fingerprint density at radius 1 is 1.44 bits per heavy atom. The number of hydrogen-bond acceptors (Lipinski definition) is 5. The molecule has 5 nitrogen and oxygen atoms in total. The summed E-state index contributed by atoms with van der Waals surface area (Å²) in [6.07, 6.45) is 1.53. The molecule has 16 heavy (non-hydrogen) atoms. The summed E-state index contributed by atoms with van der Waals surface area (Å²) >= 11 is 1.00. The van der Waals surface area contributed by atoms with Gasteiger partial charge in [-0.25, -0.2) is 18.1 Å². The number of nitrogens with two attached hydrogens (primary N) is 1. The lowest BCUT2D eigenvalue weighted by Crippen LogP contribution is -2.33. The molecule has 0 saturated heterocycles. The van der Waals surface area contributed by atoms with Crippen molar-refractivity contribution in [1.82, 2.24) is 9.71 Å². The van der Waals surface area contributed by atoms with E-state index < -0.39 is 10.0 Å². The van der Waals surface area contributed by atoms with Gasteiger partial charge in [-0.3, -0.25) is 0 Å². The zero-order chi connectivity index (χ0) is 12.3. The maximum atomic E-state index is 12.0. The van der Waals surface area contributed by atoms with E-state index in [1.54, 1.807) is 6.92 Å². The number of aryl methyl sites for hydroxylation is 1. The van der Waals surface area contributed by atoms with E-state index in [9.17, 15) is 8.42 Å². The van der Waals surface area contributed by atoms with E-state index in [1.807, 2.05) is 13.8 Å². The van der Waals surface area contributed by atoms with Crippen molar-refractivity contribution in [3.63, 3.8) is 0 Å². The monoisotopic (exact) mass is 263 g/mol. The molecule has 0 atom stereocenters. The molecule has 1 rings (SSSR count). The molecule has 92 valence electrons. The van der Waals surface area contributed by atoms with Crippen LogP contribution < -0.4 is 10.5 Å². The number of nitrogens with zero attached hydrogens (tertiary/aromatic N) is 1. The number of sulfonamides is 1. The van der Waals surface area contributed by atoms with Crippen LogP contribution in [0.3, 0.4) is 0 Å². The highest BCUT2D eigenvalue weighted by Gasteiger charge is 2.23. The zero-order valence-corrected chi connectivity index (χ0v) is 11.3. The molecule has 3 N–H and O–H groups in total. The molecule has 7 heteroatoms. The largest absolute Gasteiger partial charge is 0.375 e. The number of nitrogens with one attached hydrogen (secondary N) is 1. The summed E-state index contributed by atoms with van der Waals surface area (Å²) in [4.78, 5) is 3.91. The van der Waals surface area contributed by atoms with Crippen LogP contribution in [-0.4, -0.2) is 19.4 Å². The van der Waals surface area contributed by atoms with Gasteiger partial charge in [-0.05, 0) is 19.8 Å². The summed E-state index contributed by atoms with van der Waals surface area (Å²) in [7, 11) is -3.47. The maximum Gasteiger partial charge on any atom is 0.252 e. The first-order valence-corrected chi connectivity index (χ1v) is 7.45. The number of aromatic nitrogens is 1. The first-order valence-electron chi connectivity index (χ1n) is 5.16. The quantitative estimate of drug-likeness (QED) is 0.843. The Labute approximate surface area is 100 Å². The van der Waals surface area contributed by atoms with Gasteiger partial charge in [-0.1, -0.05) is 25.2 Å². The van der Waals surface area contributed by atoms with Gasteiger partial charge in [-0.2, -0.15) is 0 Å². The van der Waals surface area contributed by atoms with Gasteiger partial charge in [0, 0.05) is 6.04 Å². The van der Waals surface area contributed by atoms with Gasteiger partial charge in [0.05, 0.1) is 5.69 Å². The van der Waals surface area contributed by atoms with Crippen LogP contribution in [0.4, 0.5) is 5.13 Å². The minimum Gasteiger partial charge on any atom is -0.375 e. The van der Waals surface area contributed by atoms with Gasteiger partial charge in [-0.15, -0.1) is 0 Å². The Balaban J connectivity index is 2.98. The van der Waals surface area contributed by atoms with Gasteiger partial charge in [0.2, 0.25) is 0 Å². The molecule has 0 bridgehead atoms. The van der Waals surface area contributed by atoms with Crippen LogP contribution in [0.5, 0.6) is 0 Å². The molecule has 0 aliphatic heterocycles. The predicted octanol–water partition coefficient (Wildman–Crippen LogP) is 1.50. The molecule has 0 spiro atoms. The van der Waals surface area contributed by atoms with Crippen LogP contribution in [0, 0.1) is 6.92 Å². The van der Waals surface area contributed by atoms with E-state index in [1.165, 1.54) is 0 Å². The fourth-order valence-corrected chi connectivity index (χ4v) is 4.10. The molecule has 0 amide bonds. The van der Waals surface area contributed by atoms with Gasteiger partial charge in [0.15, 0.2) is 9.34 Å². The molecule has 0 saturated carbocycles. The summed E-state index contributed by atoms with van der Waals surface area (Å²) < 4.78 is 26.9. The molecule has 0 fully saturated rings. The number of anilines is 1. The van der Waals surface area contributed by atoms with Gasteiger partial charge in [0.1, 0.15) is 0 Å². The average Bonchev–Trinajstić information content (AvgIpc) is 2.55. The van der Waals surface area contributed by atoms with Crippen molar-refractivity contribution in [3.05, 3.63) is 5.69 Å². The molecule has 1 aromatic rings. The van der Waals surface area contributed by atoms with E-state index in [0.717, 1.165) is 24.2 Å². The van der Waals surface area contributed by atoms with Crippen molar-refractivity contribution in [3.8, 4) is 0 Å². The van der Waals surface area contributed by atoms with E-state index >= 15 is 0 Å². The topological polar surface area (TPSA) is 85.1 Å². The number of hydrogen-bond donors (Lipinski definition) is 2. The highest BCUT2D eigenvalue weighted by atomic mass is 32.2. The van der Waals surface area contributed by atoms with Crippen LogP contribution in [-0.2, 0) is 10.0 Å². The lowest BCUT2D eigenvalue weighted by molar-refractivity contribution is 0.531. The van der Waals surface area contributed by atoms with Crippen molar-refractivity contribution >= 4 is 26.5 Å². The minimum absolute atomic E-state index is 0.0345. The third-order valence-electron chi connectivity index (χ3n) is 2.32. The Morgan fingerprint density at radius 2 is 2.00 bits per heavy atom. The number of thiazole rings is 1. The Morgan fingerprint density at radius 3 is 2.38 bits per heavy atom. The van der Waals surface area contributed by atoms with Crippen molar-refractivity contribution < 1.29 is 8.42 Å². The fourth-order valence-electron chi connectivity index (χ4n) is 1.38. The predicted molar refractivity (Wildman–Crippen MR) is 66.0 cm³/mol. The maximum absolute atomic E-state index is 12.0. The molecular weight excluding hydrogens is 246 g/mol. The Hall–Kier alpha value is -0.660. The van der Waals surface area contributed by atoms with Crippen LogP contribution in [0.25, 0.3) is 0 Å². The van der Waals surface area contributed by atoms with Gasteiger partial charge >= 0.3 is 0 Å². The van der Waals surface area contributed by atoms with E-state index in [2.05, 4.69) is 9.71 Å². The Bertz CT molecular complexity index is 449. The number of rotatable bonds is 5. The molecule has 0 radical (unpaired) electrons. The first-order chi connectivity index (χ1) is 7.40. The van der Waals surface area contributed by atoms with Crippen LogP contribution >= 0.6 is 11.3 Å². The lowest BCUT2D eigenvalue weighted by Gasteiger charge is -2.13.